The molecule has 2 amide bonds. The van der Waals surface area contributed by atoms with E-state index in [9.17, 15) is 19.5 Å². The van der Waals surface area contributed by atoms with Crippen LogP contribution in [0, 0.1) is 11.8 Å². The van der Waals surface area contributed by atoms with E-state index in [-0.39, 0.29) is 23.4 Å². The van der Waals surface area contributed by atoms with Crippen LogP contribution >= 0.6 is 0 Å². The molecule has 0 aromatic carbocycles. The zero-order valence-electron chi connectivity index (χ0n) is 20.0. The number of ether oxygens (including phenoxy) is 1. The molecule has 2 aromatic heterocycles. The first-order valence-electron chi connectivity index (χ1n) is 11.9. The van der Waals surface area contributed by atoms with Crippen LogP contribution in [0.1, 0.15) is 55.5 Å². The van der Waals surface area contributed by atoms with E-state index in [1.54, 1.807) is 18.0 Å². The number of hydrogen-bond donors (Lipinski definition) is 2. The standard InChI is InChI=1S/C24H33N5O5/c1-15(2)13-28-22-17(4-7-19(30)27(3)14-16-8-10-34-11-9-16)12-25-29(22)24(33)20(23(28)32)21(31)26-18-5-6-18/h4,7,12,15-16,18,33H,5-6,8-11,13-14H2,1-3H3,(H,26,31). The number of likely N-dealkylation sites (N-methyl/N-ethyl adjacent to an activating group) is 1. The Morgan fingerprint density at radius 3 is 2.65 bits per heavy atom. The van der Waals surface area contributed by atoms with Crippen LogP contribution in [0.5, 0.6) is 5.88 Å². The Bertz CT molecular complexity index is 1150. The van der Waals surface area contributed by atoms with Gasteiger partial charge >= 0.3 is 0 Å². The summed E-state index contributed by atoms with van der Waals surface area (Å²) in [6.07, 6.45) is 8.14. The minimum atomic E-state index is -0.595. The largest absolute Gasteiger partial charge is 0.492 e. The summed E-state index contributed by atoms with van der Waals surface area (Å²) < 4.78 is 8.03. The summed E-state index contributed by atoms with van der Waals surface area (Å²) >= 11 is 0. The monoisotopic (exact) mass is 471 g/mol. The van der Waals surface area contributed by atoms with Gasteiger partial charge in [-0.05, 0) is 43.6 Å². The molecule has 0 unspecified atom stereocenters. The summed E-state index contributed by atoms with van der Waals surface area (Å²) in [6.45, 7) is 6.35. The van der Waals surface area contributed by atoms with Crippen molar-refractivity contribution in [3.05, 3.63) is 33.8 Å². The zero-order chi connectivity index (χ0) is 24.4. The van der Waals surface area contributed by atoms with Gasteiger partial charge in [-0.15, -0.1) is 0 Å². The van der Waals surface area contributed by atoms with Crippen molar-refractivity contribution in [2.24, 2.45) is 11.8 Å². The van der Waals surface area contributed by atoms with Crippen LogP contribution in [0.2, 0.25) is 0 Å². The van der Waals surface area contributed by atoms with Crippen LogP contribution in [-0.2, 0) is 16.1 Å². The predicted molar refractivity (Wildman–Crippen MR) is 127 cm³/mol. The SMILES string of the molecule is CC(C)Cn1c(=O)c(C(=O)NC2CC2)c(O)n2ncc(C=CC(=O)N(C)CC3CCOCC3)c12. The van der Waals surface area contributed by atoms with Crippen molar-refractivity contribution in [1.82, 2.24) is 24.4 Å². The van der Waals surface area contributed by atoms with Crippen molar-refractivity contribution in [3.8, 4) is 5.88 Å². The first kappa shape index (κ1) is 24.0. The molecular weight excluding hydrogens is 438 g/mol. The number of aromatic nitrogens is 3. The highest BCUT2D eigenvalue weighted by Gasteiger charge is 2.30. The number of amides is 2. The number of carbonyl (C=O) groups excluding carboxylic acids is 2. The maximum Gasteiger partial charge on any atom is 0.270 e. The fraction of sp³-hybridized carbons (Fsp3) is 0.583. The van der Waals surface area contributed by atoms with E-state index in [0.717, 1.165) is 38.9 Å². The van der Waals surface area contributed by atoms with Crippen molar-refractivity contribution in [3.63, 3.8) is 0 Å². The molecule has 2 N–H and O–H groups in total. The molecule has 2 aromatic rings. The number of nitrogens with one attached hydrogen (secondary N) is 1. The van der Waals surface area contributed by atoms with Gasteiger partial charge in [0, 0.05) is 51.0 Å². The third kappa shape index (κ3) is 5.16. The molecule has 34 heavy (non-hydrogen) atoms. The number of rotatable bonds is 8. The quantitative estimate of drug-likeness (QED) is 0.565. The molecule has 2 fully saturated rings. The molecule has 1 saturated heterocycles. The number of carbonyl (C=O) groups is 2. The summed E-state index contributed by atoms with van der Waals surface area (Å²) in [7, 11) is 1.77. The van der Waals surface area contributed by atoms with Gasteiger partial charge in [0.2, 0.25) is 11.8 Å². The van der Waals surface area contributed by atoms with E-state index in [4.69, 9.17) is 4.74 Å². The van der Waals surface area contributed by atoms with Gasteiger partial charge in [-0.1, -0.05) is 13.8 Å². The molecule has 1 saturated carbocycles. The van der Waals surface area contributed by atoms with Crippen LogP contribution in [0.4, 0.5) is 0 Å². The van der Waals surface area contributed by atoms with E-state index >= 15 is 0 Å². The van der Waals surface area contributed by atoms with Crippen LogP contribution in [0.3, 0.4) is 0 Å². The molecule has 2 aliphatic rings. The van der Waals surface area contributed by atoms with Gasteiger partial charge in [0.1, 0.15) is 5.65 Å². The van der Waals surface area contributed by atoms with Crippen LogP contribution in [0.25, 0.3) is 11.7 Å². The molecule has 4 rings (SSSR count). The van der Waals surface area contributed by atoms with Crippen molar-refractivity contribution < 1.29 is 19.4 Å². The van der Waals surface area contributed by atoms with Crippen LogP contribution < -0.4 is 10.9 Å². The Morgan fingerprint density at radius 2 is 2.00 bits per heavy atom. The number of aromatic hydroxyl groups is 1. The normalized spacial score (nSPS) is 17.1. The van der Waals surface area contributed by atoms with Crippen LogP contribution in [-0.4, -0.2) is 68.9 Å². The Labute approximate surface area is 198 Å². The van der Waals surface area contributed by atoms with Crippen LogP contribution in [0.15, 0.2) is 17.1 Å². The lowest BCUT2D eigenvalue weighted by Gasteiger charge is -2.26. The average Bonchev–Trinajstić information content (AvgIpc) is 3.50. The summed E-state index contributed by atoms with van der Waals surface area (Å²) in [5.41, 5.74) is -0.0359. The molecule has 184 valence electrons. The molecule has 0 spiro atoms. The molecule has 0 bridgehead atoms. The minimum Gasteiger partial charge on any atom is -0.492 e. The van der Waals surface area contributed by atoms with Gasteiger partial charge in [-0.25, -0.2) is 0 Å². The smallest absolute Gasteiger partial charge is 0.270 e. The highest BCUT2D eigenvalue weighted by molar-refractivity contribution is 5.97. The fourth-order valence-electron chi connectivity index (χ4n) is 4.24. The third-order valence-corrected chi connectivity index (χ3v) is 6.25. The Kier molecular flexibility index (Phi) is 7.06. The Balaban J connectivity index is 1.64. The summed E-state index contributed by atoms with van der Waals surface area (Å²) in [5.74, 6) is -0.735. The van der Waals surface area contributed by atoms with E-state index in [1.807, 2.05) is 13.8 Å². The van der Waals surface area contributed by atoms with E-state index in [0.29, 0.717) is 30.2 Å². The second-order valence-corrected chi connectivity index (χ2v) is 9.70. The average molecular weight is 472 g/mol. The minimum absolute atomic E-state index is 0.0424. The second kappa shape index (κ2) is 10.0. The maximum atomic E-state index is 13.3. The molecule has 1 aliphatic heterocycles. The second-order valence-electron chi connectivity index (χ2n) is 9.70. The van der Waals surface area contributed by atoms with Crippen molar-refractivity contribution in [1.29, 1.82) is 0 Å². The first-order chi connectivity index (χ1) is 16.3. The molecular formula is C24H33N5O5. The molecule has 0 atom stereocenters. The first-order valence-corrected chi connectivity index (χ1v) is 11.9. The van der Waals surface area contributed by atoms with E-state index in [2.05, 4.69) is 10.4 Å². The zero-order valence-corrected chi connectivity index (χ0v) is 20.0. The summed E-state index contributed by atoms with van der Waals surface area (Å²) in [5, 5.41) is 17.8. The van der Waals surface area contributed by atoms with E-state index < -0.39 is 17.3 Å². The fourth-order valence-corrected chi connectivity index (χ4v) is 4.24. The summed E-state index contributed by atoms with van der Waals surface area (Å²) in [4.78, 5) is 40.4. The molecule has 10 heteroatoms. The van der Waals surface area contributed by atoms with Gasteiger partial charge in [-0.2, -0.15) is 9.61 Å². The van der Waals surface area contributed by atoms with Gasteiger partial charge < -0.3 is 20.1 Å². The van der Waals surface area contributed by atoms with Gasteiger partial charge in [0.25, 0.3) is 11.5 Å². The molecule has 1 aliphatic carbocycles. The lowest BCUT2D eigenvalue weighted by molar-refractivity contribution is -0.125. The molecule has 0 radical (unpaired) electrons. The predicted octanol–water partition coefficient (Wildman–Crippen LogP) is 1.65. The highest BCUT2D eigenvalue weighted by Crippen LogP contribution is 2.24. The number of fused-ring (bicyclic) bond motifs is 1. The Morgan fingerprint density at radius 1 is 1.29 bits per heavy atom. The van der Waals surface area contributed by atoms with Crippen molar-refractivity contribution in [2.75, 3.05) is 26.8 Å². The topological polar surface area (TPSA) is 118 Å². The van der Waals surface area contributed by atoms with Gasteiger partial charge in [0.05, 0.1) is 6.20 Å². The third-order valence-electron chi connectivity index (χ3n) is 6.25. The maximum absolute atomic E-state index is 13.3. The van der Waals surface area contributed by atoms with E-state index in [1.165, 1.54) is 21.4 Å². The van der Waals surface area contributed by atoms with Crippen molar-refractivity contribution >= 4 is 23.5 Å². The van der Waals surface area contributed by atoms with Crippen molar-refractivity contribution in [2.45, 2.75) is 52.1 Å². The lowest BCUT2D eigenvalue weighted by atomic mass is 10.00. The molecule has 3 heterocycles. The van der Waals surface area contributed by atoms with Gasteiger partial charge in [0.15, 0.2) is 5.56 Å². The number of nitrogens with zero attached hydrogens (tertiary/aromatic N) is 4. The lowest BCUT2D eigenvalue weighted by Crippen LogP contribution is -2.36. The number of hydrogen-bond acceptors (Lipinski definition) is 6. The molecule has 10 nitrogen and oxygen atoms in total. The highest BCUT2D eigenvalue weighted by atomic mass is 16.5. The Hall–Kier alpha value is -3.14. The summed E-state index contributed by atoms with van der Waals surface area (Å²) in [6, 6.07) is 0.0424. The van der Waals surface area contributed by atoms with Gasteiger partial charge in [-0.3, -0.25) is 19.0 Å².